The third-order valence-electron chi connectivity index (χ3n) is 5.09. The standard InChI is InChI=1S/C23H21N5O4/c1-14-12-18(16(3)28(14)26-22(30)17-8-5-4-6-9-17)19(29)13-32-23(31)20-15(2)25-27-11-7-10-24-21(20)27/h4-12H,13H2,1-3H3,(H,26,30). The Hall–Kier alpha value is -4.27. The van der Waals surface area contributed by atoms with E-state index in [0.29, 0.717) is 33.9 Å². The summed E-state index contributed by atoms with van der Waals surface area (Å²) in [5.41, 5.74) is 5.90. The van der Waals surface area contributed by atoms with Gasteiger partial charge in [-0.1, -0.05) is 18.2 Å². The zero-order valence-corrected chi connectivity index (χ0v) is 17.8. The second-order valence-electron chi connectivity index (χ2n) is 7.27. The number of aryl methyl sites for hydroxylation is 2. The molecule has 9 heteroatoms. The summed E-state index contributed by atoms with van der Waals surface area (Å²) >= 11 is 0. The number of amides is 1. The largest absolute Gasteiger partial charge is 0.454 e. The molecule has 162 valence electrons. The van der Waals surface area contributed by atoms with Gasteiger partial charge in [0.05, 0.1) is 5.69 Å². The predicted molar refractivity (Wildman–Crippen MR) is 116 cm³/mol. The van der Waals surface area contributed by atoms with E-state index < -0.39 is 12.6 Å². The Morgan fingerprint density at radius 3 is 2.56 bits per heavy atom. The van der Waals surface area contributed by atoms with Crippen LogP contribution in [0.3, 0.4) is 0 Å². The van der Waals surface area contributed by atoms with Gasteiger partial charge in [0.1, 0.15) is 5.56 Å². The van der Waals surface area contributed by atoms with E-state index in [1.807, 2.05) is 6.07 Å². The van der Waals surface area contributed by atoms with Crippen LogP contribution in [-0.2, 0) is 4.74 Å². The molecule has 1 N–H and O–H groups in total. The molecule has 0 aliphatic heterocycles. The average Bonchev–Trinajstić information content (AvgIpc) is 3.28. The van der Waals surface area contributed by atoms with Gasteiger partial charge in [-0.05, 0) is 45.0 Å². The molecule has 0 saturated heterocycles. The maximum absolute atomic E-state index is 12.8. The topological polar surface area (TPSA) is 108 Å². The third kappa shape index (κ3) is 3.87. The minimum absolute atomic E-state index is 0.221. The first-order valence-electron chi connectivity index (χ1n) is 9.92. The molecular formula is C23H21N5O4. The number of benzene rings is 1. The minimum Gasteiger partial charge on any atom is -0.454 e. The van der Waals surface area contributed by atoms with Crippen molar-refractivity contribution in [1.29, 1.82) is 0 Å². The predicted octanol–water partition coefficient (Wildman–Crippen LogP) is 2.88. The molecule has 0 fully saturated rings. The van der Waals surface area contributed by atoms with Crippen LogP contribution in [0.4, 0.5) is 0 Å². The molecule has 0 radical (unpaired) electrons. The molecule has 0 atom stereocenters. The zero-order valence-electron chi connectivity index (χ0n) is 17.8. The second kappa shape index (κ2) is 8.46. The number of carbonyl (C=O) groups excluding carboxylic acids is 3. The van der Waals surface area contributed by atoms with E-state index >= 15 is 0 Å². The normalized spacial score (nSPS) is 10.8. The van der Waals surface area contributed by atoms with Gasteiger partial charge in [-0.15, -0.1) is 0 Å². The number of hydrogen-bond acceptors (Lipinski definition) is 6. The van der Waals surface area contributed by atoms with Crippen LogP contribution in [0.25, 0.3) is 5.65 Å². The van der Waals surface area contributed by atoms with Gasteiger partial charge in [0.15, 0.2) is 12.3 Å². The quantitative estimate of drug-likeness (QED) is 0.372. The highest BCUT2D eigenvalue weighted by Gasteiger charge is 2.23. The fraction of sp³-hybridized carbons (Fsp3) is 0.174. The van der Waals surface area contributed by atoms with Crippen LogP contribution in [0, 0.1) is 20.8 Å². The van der Waals surface area contributed by atoms with Gasteiger partial charge in [0.2, 0.25) is 5.78 Å². The number of esters is 1. The molecular weight excluding hydrogens is 410 g/mol. The Bertz CT molecular complexity index is 1340. The number of carbonyl (C=O) groups is 3. The SMILES string of the molecule is Cc1nn2cccnc2c1C(=O)OCC(=O)c1cc(C)n(NC(=O)c2ccccc2)c1C. The van der Waals surface area contributed by atoms with E-state index in [4.69, 9.17) is 4.74 Å². The van der Waals surface area contributed by atoms with E-state index in [-0.39, 0.29) is 17.3 Å². The van der Waals surface area contributed by atoms with Gasteiger partial charge in [-0.25, -0.2) is 14.3 Å². The van der Waals surface area contributed by atoms with Crippen molar-refractivity contribution < 1.29 is 19.1 Å². The number of Topliss-reactive ketones (excluding diaryl/α,β-unsaturated/α-hetero) is 1. The summed E-state index contributed by atoms with van der Waals surface area (Å²) in [4.78, 5) is 42.0. The molecule has 3 heterocycles. The van der Waals surface area contributed by atoms with Crippen molar-refractivity contribution in [1.82, 2.24) is 19.3 Å². The number of nitrogens with one attached hydrogen (secondary N) is 1. The van der Waals surface area contributed by atoms with Crippen molar-refractivity contribution in [3.8, 4) is 0 Å². The number of fused-ring (bicyclic) bond motifs is 1. The van der Waals surface area contributed by atoms with Crippen LogP contribution in [-0.4, -0.2) is 43.5 Å². The highest BCUT2D eigenvalue weighted by molar-refractivity contribution is 6.03. The number of rotatable bonds is 6. The fourth-order valence-electron chi connectivity index (χ4n) is 3.49. The third-order valence-corrected chi connectivity index (χ3v) is 5.09. The summed E-state index contributed by atoms with van der Waals surface area (Å²) in [6.07, 6.45) is 3.23. The lowest BCUT2D eigenvalue weighted by atomic mass is 10.1. The molecule has 9 nitrogen and oxygen atoms in total. The van der Waals surface area contributed by atoms with E-state index in [2.05, 4.69) is 15.5 Å². The molecule has 0 unspecified atom stereocenters. The zero-order chi connectivity index (χ0) is 22.8. The number of hydrogen-bond donors (Lipinski definition) is 1. The molecule has 4 aromatic rings. The average molecular weight is 431 g/mol. The summed E-state index contributed by atoms with van der Waals surface area (Å²) in [5, 5.41) is 4.23. The molecule has 0 saturated carbocycles. The molecule has 1 aromatic carbocycles. The smallest absolute Gasteiger partial charge is 0.344 e. The van der Waals surface area contributed by atoms with Gasteiger partial charge < -0.3 is 4.74 Å². The lowest BCUT2D eigenvalue weighted by molar-refractivity contribution is 0.0475. The van der Waals surface area contributed by atoms with Gasteiger partial charge in [0.25, 0.3) is 5.91 Å². The van der Waals surface area contributed by atoms with Crippen LogP contribution in [0.1, 0.15) is 48.2 Å². The molecule has 4 rings (SSSR count). The van der Waals surface area contributed by atoms with Gasteiger partial charge in [0, 0.05) is 34.9 Å². The maximum Gasteiger partial charge on any atom is 0.344 e. The van der Waals surface area contributed by atoms with Gasteiger partial charge in [-0.2, -0.15) is 5.10 Å². The van der Waals surface area contributed by atoms with Crippen LogP contribution < -0.4 is 5.43 Å². The Kier molecular flexibility index (Phi) is 5.55. The number of ether oxygens (including phenoxy) is 1. The van der Waals surface area contributed by atoms with Crippen LogP contribution in [0.15, 0.2) is 54.9 Å². The molecule has 0 aliphatic carbocycles. The van der Waals surface area contributed by atoms with Crippen LogP contribution >= 0.6 is 0 Å². The first-order valence-corrected chi connectivity index (χ1v) is 9.92. The van der Waals surface area contributed by atoms with Crippen LogP contribution in [0.2, 0.25) is 0 Å². The Labute approximate surface area is 183 Å². The summed E-state index contributed by atoms with van der Waals surface area (Å²) in [6, 6.07) is 12.1. The van der Waals surface area contributed by atoms with Crippen molar-refractivity contribution in [3.63, 3.8) is 0 Å². The lowest BCUT2D eigenvalue weighted by Gasteiger charge is -2.11. The van der Waals surface area contributed by atoms with Crippen molar-refractivity contribution in [3.05, 3.63) is 88.6 Å². The number of ketones is 1. The monoisotopic (exact) mass is 431 g/mol. The fourth-order valence-corrected chi connectivity index (χ4v) is 3.49. The molecule has 32 heavy (non-hydrogen) atoms. The summed E-state index contributed by atoms with van der Waals surface area (Å²) in [7, 11) is 0. The van der Waals surface area contributed by atoms with E-state index in [1.54, 1.807) is 74.2 Å². The van der Waals surface area contributed by atoms with E-state index in [0.717, 1.165) is 0 Å². The van der Waals surface area contributed by atoms with E-state index in [9.17, 15) is 14.4 Å². The molecule has 0 spiro atoms. The second-order valence-corrected chi connectivity index (χ2v) is 7.27. The molecule has 3 aromatic heterocycles. The van der Waals surface area contributed by atoms with Crippen molar-refractivity contribution >= 4 is 23.3 Å². The first-order chi connectivity index (χ1) is 15.4. The molecule has 0 aliphatic rings. The highest BCUT2D eigenvalue weighted by atomic mass is 16.5. The highest BCUT2D eigenvalue weighted by Crippen LogP contribution is 2.17. The minimum atomic E-state index is -0.671. The van der Waals surface area contributed by atoms with Crippen molar-refractivity contribution in [2.45, 2.75) is 20.8 Å². The van der Waals surface area contributed by atoms with Crippen LogP contribution in [0.5, 0.6) is 0 Å². The summed E-state index contributed by atoms with van der Waals surface area (Å²) in [6.45, 7) is 4.72. The summed E-state index contributed by atoms with van der Waals surface area (Å²) in [5.74, 6) is -1.35. The maximum atomic E-state index is 12.8. The number of nitrogens with zero attached hydrogens (tertiary/aromatic N) is 4. The Morgan fingerprint density at radius 1 is 1.06 bits per heavy atom. The molecule has 0 bridgehead atoms. The first kappa shape index (κ1) is 21.0. The van der Waals surface area contributed by atoms with Crippen molar-refractivity contribution in [2.24, 2.45) is 0 Å². The van der Waals surface area contributed by atoms with Crippen molar-refractivity contribution in [2.75, 3.05) is 12.0 Å². The number of aromatic nitrogens is 4. The lowest BCUT2D eigenvalue weighted by Crippen LogP contribution is -2.25. The van der Waals surface area contributed by atoms with Gasteiger partial charge >= 0.3 is 5.97 Å². The Balaban J connectivity index is 1.48. The van der Waals surface area contributed by atoms with E-state index in [1.165, 1.54) is 4.52 Å². The molecule has 1 amide bonds. The summed E-state index contributed by atoms with van der Waals surface area (Å²) < 4.78 is 8.30. The van der Waals surface area contributed by atoms with Gasteiger partial charge in [-0.3, -0.25) is 19.7 Å². The Morgan fingerprint density at radius 2 is 1.81 bits per heavy atom.